The molecule has 0 unspecified atom stereocenters. The highest BCUT2D eigenvalue weighted by Gasteiger charge is 2.07. The standard InChI is InChI=1S/C12H13ClN4O/c1-7-11(17-6-16-7)5-15-8-2-3-9(12(14)18)10(13)4-8/h2-4,6,15H,5H2,1H3,(H2,14,18)(H,16,17). The molecule has 0 aliphatic heterocycles. The Morgan fingerprint density at radius 2 is 2.33 bits per heavy atom. The summed E-state index contributed by atoms with van der Waals surface area (Å²) < 4.78 is 0. The number of hydrogen-bond donors (Lipinski definition) is 3. The van der Waals surface area contributed by atoms with Crippen molar-refractivity contribution in [2.24, 2.45) is 5.73 Å². The molecule has 0 saturated carbocycles. The first-order valence-electron chi connectivity index (χ1n) is 5.40. The maximum Gasteiger partial charge on any atom is 0.250 e. The van der Waals surface area contributed by atoms with Gasteiger partial charge in [-0.05, 0) is 25.1 Å². The van der Waals surface area contributed by atoms with Gasteiger partial charge in [-0.15, -0.1) is 0 Å². The number of nitrogens with one attached hydrogen (secondary N) is 2. The molecule has 1 heterocycles. The van der Waals surface area contributed by atoms with Gasteiger partial charge in [0.25, 0.3) is 0 Å². The Morgan fingerprint density at radius 1 is 1.56 bits per heavy atom. The smallest absolute Gasteiger partial charge is 0.250 e. The minimum Gasteiger partial charge on any atom is -0.379 e. The molecule has 1 aromatic heterocycles. The van der Waals surface area contributed by atoms with E-state index >= 15 is 0 Å². The summed E-state index contributed by atoms with van der Waals surface area (Å²) in [6.45, 7) is 2.54. The van der Waals surface area contributed by atoms with Crippen molar-refractivity contribution >= 4 is 23.2 Å². The topological polar surface area (TPSA) is 83.8 Å². The second-order valence-corrected chi connectivity index (χ2v) is 4.29. The SMILES string of the molecule is Cc1[nH]cnc1CNc1ccc(C(N)=O)c(Cl)c1. The highest BCUT2D eigenvalue weighted by Crippen LogP contribution is 2.21. The molecule has 2 aromatic rings. The number of nitrogens with two attached hydrogens (primary N) is 1. The first kappa shape index (κ1) is 12.4. The number of imidazole rings is 1. The van der Waals surface area contributed by atoms with Gasteiger partial charge >= 0.3 is 0 Å². The van der Waals surface area contributed by atoms with Crippen molar-refractivity contribution in [3.05, 3.63) is 46.5 Å². The minimum absolute atomic E-state index is 0.318. The third-order valence-corrected chi connectivity index (χ3v) is 2.94. The molecule has 5 nitrogen and oxygen atoms in total. The van der Waals surface area contributed by atoms with Crippen LogP contribution in [0.25, 0.3) is 0 Å². The number of aromatic nitrogens is 2. The van der Waals surface area contributed by atoms with E-state index in [1.807, 2.05) is 6.92 Å². The lowest BCUT2D eigenvalue weighted by molar-refractivity contribution is 0.100. The van der Waals surface area contributed by atoms with E-state index in [-0.39, 0.29) is 0 Å². The van der Waals surface area contributed by atoms with E-state index in [1.54, 1.807) is 24.5 Å². The van der Waals surface area contributed by atoms with Crippen molar-refractivity contribution < 1.29 is 4.79 Å². The molecule has 0 aliphatic carbocycles. The summed E-state index contributed by atoms with van der Waals surface area (Å²) in [6.07, 6.45) is 1.65. The largest absolute Gasteiger partial charge is 0.379 e. The third-order valence-electron chi connectivity index (χ3n) is 2.63. The molecular weight excluding hydrogens is 252 g/mol. The van der Waals surface area contributed by atoms with Crippen LogP contribution in [0.2, 0.25) is 5.02 Å². The van der Waals surface area contributed by atoms with E-state index in [0.717, 1.165) is 17.1 Å². The van der Waals surface area contributed by atoms with Crippen LogP contribution in [0.3, 0.4) is 0 Å². The van der Waals surface area contributed by atoms with Crippen molar-refractivity contribution in [2.75, 3.05) is 5.32 Å². The van der Waals surface area contributed by atoms with E-state index in [9.17, 15) is 4.79 Å². The number of carbonyl (C=O) groups is 1. The van der Waals surface area contributed by atoms with E-state index in [4.69, 9.17) is 17.3 Å². The lowest BCUT2D eigenvalue weighted by atomic mass is 10.2. The van der Waals surface area contributed by atoms with Crippen molar-refractivity contribution in [1.82, 2.24) is 9.97 Å². The van der Waals surface area contributed by atoms with Crippen LogP contribution in [0.15, 0.2) is 24.5 Å². The van der Waals surface area contributed by atoms with E-state index in [0.29, 0.717) is 17.1 Å². The Balaban J connectivity index is 2.09. The highest BCUT2D eigenvalue weighted by molar-refractivity contribution is 6.34. The maximum atomic E-state index is 11.0. The number of aromatic amines is 1. The molecule has 0 aliphatic rings. The van der Waals surface area contributed by atoms with Gasteiger partial charge in [-0.2, -0.15) is 0 Å². The fourth-order valence-corrected chi connectivity index (χ4v) is 1.85. The number of aryl methyl sites for hydroxylation is 1. The average Bonchev–Trinajstić information content (AvgIpc) is 2.72. The van der Waals surface area contributed by atoms with Crippen LogP contribution >= 0.6 is 11.6 Å². The molecule has 0 atom stereocenters. The zero-order valence-corrected chi connectivity index (χ0v) is 10.6. The van der Waals surface area contributed by atoms with Gasteiger partial charge in [0.05, 0.1) is 29.2 Å². The molecule has 0 saturated heterocycles. The van der Waals surface area contributed by atoms with Crippen molar-refractivity contribution in [3.63, 3.8) is 0 Å². The Kier molecular flexibility index (Phi) is 3.53. The number of carbonyl (C=O) groups excluding carboxylic acids is 1. The van der Waals surface area contributed by atoms with E-state index in [2.05, 4.69) is 15.3 Å². The van der Waals surface area contributed by atoms with Crippen LogP contribution in [-0.2, 0) is 6.54 Å². The quantitative estimate of drug-likeness (QED) is 0.790. The Hall–Kier alpha value is -2.01. The number of primary amides is 1. The molecule has 2 rings (SSSR count). The lowest BCUT2D eigenvalue weighted by Crippen LogP contribution is -2.11. The molecule has 0 fully saturated rings. The number of nitrogens with zero attached hydrogens (tertiary/aromatic N) is 1. The minimum atomic E-state index is -0.533. The maximum absolute atomic E-state index is 11.0. The van der Waals surface area contributed by atoms with Crippen LogP contribution < -0.4 is 11.1 Å². The van der Waals surface area contributed by atoms with Crippen molar-refractivity contribution in [2.45, 2.75) is 13.5 Å². The number of anilines is 1. The molecule has 94 valence electrons. The number of amides is 1. The van der Waals surface area contributed by atoms with Crippen molar-refractivity contribution in [3.8, 4) is 0 Å². The summed E-state index contributed by atoms with van der Waals surface area (Å²) in [5.41, 5.74) is 8.26. The van der Waals surface area contributed by atoms with E-state index < -0.39 is 5.91 Å². The summed E-state index contributed by atoms with van der Waals surface area (Å²) in [7, 11) is 0. The van der Waals surface area contributed by atoms with Crippen molar-refractivity contribution in [1.29, 1.82) is 0 Å². The van der Waals surface area contributed by atoms with Crippen LogP contribution in [0.5, 0.6) is 0 Å². The van der Waals surface area contributed by atoms with Gasteiger partial charge in [0.1, 0.15) is 0 Å². The second-order valence-electron chi connectivity index (χ2n) is 3.89. The third kappa shape index (κ3) is 2.62. The number of benzene rings is 1. The molecule has 0 bridgehead atoms. The molecular formula is C12H13ClN4O. The van der Waals surface area contributed by atoms with Crippen LogP contribution in [0.4, 0.5) is 5.69 Å². The first-order valence-corrected chi connectivity index (χ1v) is 5.78. The molecule has 18 heavy (non-hydrogen) atoms. The van der Waals surface area contributed by atoms with Crippen LogP contribution in [0.1, 0.15) is 21.7 Å². The molecule has 6 heteroatoms. The molecule has 0 spiro atoms. The van der Waals surface area contributed by atoms with Gasteiger partial charge in [0.15, 0.2) is 0 Å². The zero-order valence-electron chi connectivity index (χ0n) is 9.83. The molecule has 1 aromatic carbocycles. The van der Waals surface area contributed by atoms with Crippen LogP contribution in [-0.4, -0.2) is 15.9 Å². The normalized spacial score (nSPS) is 10.3. The van der Waals surface area contributed by atoms with Gasteiger partial charge in [0.2, 0.25) is 5.91 Å². The van der Waals surface area contributed by atoms with Gasteiger partial charge in [0, 0.05) is 11.4 Å². The predicted octanol–water partition coefficient (Wildman–Crippen LogP) is 2.08. The average molecular weight is 265 g/mol. The number of halogens is 1. The summed E-state index contributed by atoms with van der Waals surface area (Å²) in [5.74, 6) is -0.533. The summed E-state index contributed by atoms with van der Waals surface area (Å²) in [6, 6.07) is 5.03. The number of hydrogen-bond acceptors (Lipinski definition) is 3. The monoisotopic (exact) mass is 264 g/mol. The fourth-order valence-electron chi connectivity index (χ4n) is 1.58. The Morgan fingerprint density at radius 3 is 2.89 bits per heavy atom. The molecule has 4 N–H and O–H groups in total. The van der Waals surface area contributed by atoms with E-state index in [1.165, 1.54) is 0 Å². The lowest BCUT2D eigenvalue weighted by Gasteiger charge is -2.07. The predicted molar refractivity (Wildman–Crippen MR) is 70.6 cm³/mol. The first-order chi connectivity index (χ1) is 8.58. The van der Waals surface area contributed by atoms with Gasteiger partial charge in [-0.1, -0.05) is 11.6 Å². The summed E-state index contributed by atoms with van der Waals surface area (Å²) in [5, 5.41) is 3.51. The highest BCUT2D eigenvalue weighted by atomic mass is 35.5. The molecule has 1 amide bonds. The Labute approximate surface area is 109 Å². The zero-order chi connectivity index (χ0) is 13.1. The Bertz CT molecular complexity index is 579. The fraction of sp³-hybridized carbons (Fsp3) is 0.167. The summed E-state index contributed by atoms with van der Waals surface area (Å²) in [4.78, 5) is 18.2. The number of rotatable bonds is 4. The van der Waals surface area contributed by atoms with Crippen LogP contribution in [0, 0.1) is 6.92 Å². The van der Waals surface area contributed by atoms with Gasteiger partial charge in [-0.3, -0.25) is 4.79 Å². The van der Waals surface area contributed by atoms with Gasteiger partial charge < -0.3 is 16.0 Å². The van der Waals surface area contributed by atoms with Gasteiger partial charge in [-0.25, -0.2) is 4.98 Å². The molecule has 0 radical (unpaired) electrons. The summed E-state index contributed by atoms with van der Waals surface area (Å²) >= 11 is 5.95. The number of H-pyrrole nitrogens is 1. The second kappa shape index (κ2) is 5.10.